The van der Waals surface area contributed by atoms with Crippen LogP contribution in [0.1, 0.15) is 12.2 Å². The van der Waals surface area contributed by atoms with Crippen LogP contribution in [0.5, 0.6) is 0 Å². The number of carbonyl (C=O) groups excluding carboxylic acids is 1. The number of nitrogens with zero attached hydrogens (tertiary/aromatic N) is 2. The number of carbonyl (C=O) groups is 1. The van der Waals surface area contributed by atoms with Crippen molar-refractivity contribution in [3.63, 3.8) is 0 Å². The Labute approximate surface area is 69.6 Å². The van der Waals surface area contributed by atoms with E-state index in [1.54, 1.807) is 0 Å². The molecule has 1 rings (SSSR count). The molecule has 0 unspecified atom stereocenters. The van der Waals surface area contributed by atoms with E-state index in [0.717, 1.165) is 0 Å². The molecular formula is C7H8N4O. The van der Waals surface area contributed by atoms with Gasteiger partial charge in [0.25, 0.3) is 0 Å². The van der Waals surface area contributed by atoms with Crippen LogP contribution >= 0.6 is 0 Å². The SMILES string of the molecule is C#CCC(=O)NCc1ncn[nH]1. The first-order valence-corrected chi connectivity index (χ1v) is 3.37. The highest BCUT2D eigenvalue weighted by Crippen LogP contribution is 1.84. The minimum Gasteiger partial charge on any atom is -0.348 e. The van der Waals surface area contributed by atoms with Crippen LogP contribution in [0.15, 0.2) is 6.33 Å². The summed E-state index contributed by atoms with van der Waals surface area (Å²) in [7, 11) is 0. The van der Waals surface area contributed by atoms with Crippen LogP contribution in [-0.2, 0) is 11.3 Å². The quantitative estimate of drug-likeness (QED) is 0.588. The largest absolute Gasteiger partial charge is 0.348 e. The van der Waals surface area contributed by atoms with Gasteiger partial charge in [-0.2, -0.15) is 5.10 Å². The van der Waals surface area contributed by atoms with E-state index in [0.29, 0.717) is 12.4 Å². The van der Waals surface area contributed by atoms with Gasteiger partial charge in [0, 0.05) is 0 Å². The van der Waals surface area contributed by atoms with Crippen molar-refractivity contribution in [2.45, 2.75) is 13.0 Å². The highest BCUT2D eigenvalue weighted by atomic mass is 16.1. The molecule has 1 aromatic heterocycles. The zero-order valence-corrected chi connectivity index (χ0v) is 6.37. The second-order valence-corrected chi connectivity index (χ2v) is 2.09. The Balaban J connectivity index is 2.28. The van der Waals surface area contributed by atoms with Gasteiger partial charge in [0.15, 0.2) is 0 Å². The Kier molecular flexibility index (Phi) is 2.85. The van der Waals surface area contributed by atoms with E-state index in [1.165, 1.54) is 6.33 Å². The van der Waals surface area contributed by atoms with Crippen LogP contribution in [0, 0.1) is 12.3 Å². The molecule has 1 amide bonds. The molecule has 0 aliphatic rings. The lowest BCUT2D eigenvalue weighted by molar-refractivity contribution is -0.120. The monoisotopic (exact) mass is 164 g/mol. The first kappa shape index (κ1) is 8.27. The molecule has 0 aliphatic heterocycles. The van der Waals surface area contributed by atoms with Gasteiger partial charge in [0.2, 0.25) is 5.91 Å². The topological polar surface area (TPSA) is 70.7 Å². The molecule has 0 bridgehead atoms. The van der Waals surface area contributed by atoms with E-state index < -0.39 is 0 Å². The molecule has 5 heteroatoms. The summed E-state index contributed by atoms with van der Waals surface area (Å²) in [5, 5.41) is 8.80. The van der Waals surface area contributed by atoms with Crippen molar-refractivity contribution in [2.24, 2.45) is 0 Å². The Hall–Kier alpha value is -1.83. The summed E-state index contributed by atoms with van der Waals surface area (Å²) < 4.78 is 0. The van der Waals surface area contributed by atoms with Crippen LogP contribution in [0.3, 0.4) is 0 Å². The fraction of sp³-hybridized carbons (Fsp3) is 0.286. The molecule has 0 radical (unpaired) electrons. The number of hydrogen-bond acceptors (Lipinski definition) is 3. The average molecular weight is 164 g/mol. The molecule has 2 N–H and O–H groups in total. The smallest absolute Gasteiger partial charge is 0.232 e. The molecule has 0 spiro atoms. The first-order chi connectivity index (χ1) is 5.83. The standard InChI is InChI=1S/C7H8N4O/c1-2-3-7(12)8-4-6-9-5-10-11-6/h1,5H,3-4H2,(H,8,12)(H,9,10,11). The van der Waals surface area contributed by atoms with Gasteiger partial charge in [-0.25, -0.2) is 4.98 Å². The molecule has 0 saturated heterocycles. The number of nitrogens with one attached hydrogen (secondary N) is 2. The predicted octanol–water partition coefficient (Wildman–Crippen LogP) is -0.556. The maximum absolute atomic E-state index is 10.8. The fourth-order valence-corrected chi connectivity index (χ4v) is 0.653. The van der Waals surface area contributed by atoms with E-state index in [9.17, 15) is 4.79 Å². The highest BCUT2D eigenvalue weighted by molar-refractivity contribution is 5.78. The van der Waals surface area contributed by atoms with E-state index in [4.69, 9.17) is 6.42 Å². The summed E-state index contributed by atoms with van der Waals surface area (Å²) >= 11 is 0. The molecule has 0 aliphatic carbocycles. The summed E-state index contributed by atoms with van der Waals surface area (Å²) in [5.74, 6) is 2.66. The van der Waals surface area contributed by atoms with E-state index in [-0.39, 0.29) is 12.3 Å². The zero-order valence-electron chi connectivity index (χ0n) is 6.37. The van der Waals surface area contributed by atoms with Crippen LogP contribution in [0.4, 0.5) is 0 Å². The predicted molar refractivity (Wildman–Crippen MR) is 41.7 cm³/mol. The van der Waals surface area contributed by atoms with Gasteiger partial charge in [0.05, 0.1) is 13.0 Å². The lowest BCUT2D eigenvalue weighted by Crippen LogP contribution is -2.22. The van der Waals surface area contributed by atoms with E-state index in [2.05, 4.69) is 26.4 Å². The minimum atomic E-state index is -0.186. The van der Waals surface area contributed by atoms with Crippen molar-refractivity contribution in [1.82, 2.24) is 20.5 Å². The van der Waals surface area contributed by atoms with Crippen molar-refractivity contribution < 1.29 is 4.79 Å². The van der Waals surface area contributed by atoms with Gasteiger partial charge in [-0.15, -0.1) is 6.42 Å². The lowest BCUT2D eigenvalue weighted by atomic mass is 10.4. The van der Waals surface area contributed by atoms with Crippen LogP contribution in [0.2, 0.25) is 0 Å². The van der Waals surface area contributed by atoms with Gasteiger partial charge < -0.3 is 5.32 Å². The third kappa shape index (κ3) is 2.42. The number of rotatable bonds is 3. The van der Waals surface area contributed by atoms with Crippen molar-refractivity contribution in [3.05, 3.63) is 12.2 Å². The van der Waals surface area contributed by atoms with Crippen LogP contribution in [0.25, 0.3) is 0 Å². The molecular weight excluding hydrogens is 156 g/mol. The van der Waals surface area contributed by atoms with Gasteiger partial charge in [-0.05, 0) is 0 Å². The second kappa shape index (κ2) is 4.13. The van der Waals surface area contributed by atoms with Crippen molar-refractivity contribution >= 4 is 5.91 Å². The maximum atomic E-state index is 10.8. The summed E-state index contributed by atoms with van der Waals surface area (Å²) in [6, 6.07) is 0. The van der Waals surface area contributed by atoms with Crippen molar-refractivity contribution in [3.8, 4) is 12.3 Å². The third-order valence-corrected chi connectivity index (χ3v) is 1.18. The minimum absolute atomic E-state index is 0.0914. The first-order valence-electron chi connectivity index (χ1n) is 3.37. The highest BCUT2D eigenvalue weighted by Gasteiger charge is 1.99. The van der Waals surface area contributed by atoms with Gasteiger partial charge >= 0.3 is 0 Å². The Morgan fingerprint density at radius 1 is 1.83 bits per heavy atom. The third-order valence-electron chi connectivity index (χ3n) is 1.18. The van der Waals surface area contributed by atoms with Gasteiger partial charge in [-0.1, -0.05) is 5.92 Å². The fourth-order valence-electron chi connectivity index (χ4n) is 0.653. The van der Waals surface area contributed by atoms with E-state index in [1.807, 2.05) is 0 Å². The summed E-state index contributed by atoms with van der Waals surface area (Å²) in [5.41, 5.74) is 0. The number of aromatic amines is 1. The van der Waals surface area contributed by atoms with Crippen LogP contribution < -0.4 is 5.32 Å². The zero-order chi connectivity index (χ0) is 8.81. The van der Waals surface area contributed by atoms with E-state index >= 15 is 0 Å². The Morgan fingerprint density at radius 2 is 2.67 bits per heavy atom. The molecule has 0 atom stereocenters. The number of aromatic nitrogens is 3. The number of H-pyrrole nitrogens is 1. The Morgan fingerprint density at radius 3 is 3.25 bits per heavy atom. The maximum Gasteiger partial charge on any atom is 0.232 e. The molecule has 1 heterocycles. The number of hydrogen-bond donors (Lipinski definition) is 2. The molecule has 12 heavy (non-hydrogen) atoms. The lowest BCUT2D eigenvalue weighted by Gasteiger charge is -1.97. The summed E-state index contributed by atoms with van der Waals surface area (Å²) in [6.45, 7) is 0.334. The van der Waals surface area contributed by atoms with Crippen LogP contribution in [-0.4, -0.2) is 21.1 Å². The Bertz CT molecular complexity index is 285. The molecule has 0 fully saturated rings. The van der Waals surface area contributed by atoms with Crippen molar-refractivity contribution in [1.29, 1.82) is 0 Å². The van der Waals surface area contributed by atoms with Crippen molar-refractivity contribution in [2.75, 3.05) is 0 Å². The molecule has 62 valence electrons. The normalized spacial score (nSPS) is 8.92. The summed E-state index contributed by atoms with van der Waals surface area (Å²) in [4.78, 5) is 14.6. The molecule has 5 nitrogen and oxygen atoms in total. The molecule has 1 aromatic rings. The summed E-state index contributed by atoms with van der Waals surface area (Å²) in [6.07, 6.45) is 6.40. The second-order valence-electron chi connectivity index (χ2n) is 2.09. The van der Waals surface area contributed by atoms with Gasteiger partial charge in [0.1, 0.15) is 12.2 Å². The average Bonchev–Trinajstić information content (AvgIpc) is 2.53. The van der Waals surface area contributed by atoms with Gasteiger partial charge in [-0.3, -0.25) is 9.89 Å². The number of amides is 1. The number of terminal acetylenes is 1. The molecule has 0 aromatic carbocycles. The molecule has 0 saturated carbocycles.